The summed E-state index contributed by atoms with van der Waals surface area (Å²) in [6.07, 6.45) is 1.74. The molecule has 1 N–H and O–H groups in total. The Hall–Kier alpha value is 0.350. The maximum atomic E-state index is 9.51. The Labute approximate surface area is 71.2 Å². The SMILES string of the molecule is CC1(C)CC(O)CCN(P)C1. The molecule has 0 aromatic heterocycles. The molecule has 1 aliphatic rings. The molecule has 0 aliphatic carbocycles. The van der Waals surface area contributed by atoms with Crippen molar-refractivity contribution in [3.8, 4) is 0 Å². The first-order chi connectivity index (χ1) is 4.99. The lowest BCUT2D eigenvalue weighted by molar-refractivity contribution is 0.123. The Morgan fingerprint density at radius 2 is 2.18 bits per heavy atom. The summed E-state index contributed by atoms with van der Waals surface area (Å²) < 4.78 is 2.22. The molecule has 2 unspecified atom stereocenters. The van der Waals surface area contributed by atoms with Crippen LogP contribution in [0.1, 0.15) is 26.7 Å². The van der Waals surface area contributed by atoms with Crippen molar-refractivity contribution in [3.63, 3.8) is 0 Å². The average molecular weight is 175 g/mol. The number of aliphatic hydroxyl groups excluding tert-OH is 1. The number of nitrogens with zero attached hydrogens (tertiary/aromatic N) is 1. The van der Waals surface area contributed by atoms with Crippen molar-refractivity contribution in [2.75, 3.05) is 13.1 Å². The third kappa shape index (κ3) is 3.06. The van der Waals surface area contributed by atoms with Gasteiger partial charge in [0, 0.05) is 13.1 Å². The molecule has 2 nitrogen and oxygen atoms in total. The lowest BCUT2D eigenvalue weighted by atomic mass is 9.87. The van der Waals surface area contributed by atoms with E-state index in [0.717, 1.165) is 25.9 Å². The molecule has 3 heteroatoms. The fourth-order valence-electron chi connectivity index (χ4n) is 1.75. The second kappa shape index (κ2) is 3.38. The average Bonchev–Trinajstić information content (AvgIpc) is 1.89. The van der Waals surface area contributed by atoms with Crippen LogP contribution in [0.25, 0.3) is 0 Å². The van der Waals surface area contributed by atoms with Gasteiger partial charge >= 0.3 is 0 Å². The second-order valence-corrected chi connectivity index (χ2v) is 5.01. The first-order valence-corrected chi connectivity index (χ1v) is 4.69. The highest BCUT2D eigenvalue weighted by Crippen LogP contribution is 2.29. The zero-order valence-corrected chi connectivity index (χ0v) is 8.53. The van der Waals surface area contributed by atoms with E-state index in [1.807, 2.05) is 0 Å². The minimum absolute atomic E-state index is 0.101. The summed E-state index contributed by atoms with van der Waals surface area (Å²) in [5.74, 6) is 0. The van der Waals surface area contributed by atoms with Gasteiger partial charge in [-0.05, 0) is 18.3 Å². The first kappa shape index (κ1) is 9.44. The molecule has 0 radical (unpaired) electrons. The van der Waals surface area contributed by atoms with Gasteiger partial charge in [-0.1, -0.05) is 23.2 Å². The molecule has 0 saturated carbocycles. The van der Waals surface area contributed by atoms with Crippen LogP contribution in [0, 0.1) is 5.41 Å². The van der Waals surface area contributed by atoms with E-state index < -0.39 is 0 Å². The summed E-state index contributed by atoms with van der Waals surface area (Å²) in [6.45, 7) is 6.47. The van der Waals surface area contributed by atoms with Gasteiger partial charge in [-0.2, -0.15) is 0 Å². The van der Waals surface area contributed by atoms with Crippen molar-refractivity contribution in [2.45, 2.75) is 32.8 Å². The molecule has 66 valence electrons. The van der Waals surface area contributed by atoms with Crippen molar-refractivity contribution in [2.24, 2.45) is 5.41 Å². The van der Waals surface area contributed by atoms with E-state index in [2.05, 4.69) is 27.9 Å². The standard InChI is InChI=1S/C8H18NOP/c1-8(2)5-7(10)3-4-9(11)6-8/h7,10H,3-6,11H2,1-2H3. The molecule has 1 rings (SSSR count). The van der Waals surface area contributed by atoms with Gasteiger partial charge in [0.1, 0.15) is 0 Å². The van der Waals surface area contributed by atoms with E-state index in [9.17, 15) is 5.11 Å². The quantitative estimate of drug-likeness (QED) is 0.560. The Morgan fingerprint density at radius 1 is 1.55 bits per heavy atom. The Balaban J connectivity index is 2.55. The molecule has 1 aliphatic heterocycles. The van der Waals surface area contributed by atoms with Crippen molar-refractivity contribution in [1.29, 1.82) is 0 Å². The summed E-state index contributed by atoms with van der Waals surface area (Å²) in [5.41, 5.74) is 0.262. The first-order valence-electron chi connectivity index (χ1n) is 4.17. The highest BCUT2D eigenvalue weighted by atomic mass is 31.0. The van der Waals surface area contributed by atoms with E-state index in [1.165, 1.54) is 0 Å². The number of rotatable bonds is 0. The highest BCUT2D eigenvalue weighted by molar-refractivity contribution is 7.13. The van der Waals surface area contributed by atoms with Crippen LogP contribution < -0.4 is 0 Å². The zero-order chi connectivity index (χ0) is 8.48. The van der Waals surface area contributed by atoms with E-state index in [4.69, 9.17) is 0 Å². The third-order valence-electron chi connectivity index (χ3n) is 2.17. The van der Waals surface area contributed by atoms with E-state index in [0.29, 0.717) is 0 Å². The predicted octanol–water partition coefficient (Wildman–Crippen LogP) is 1.26. The monoisotopic (exact) mass is 175 g/mol. The van der Waals surface area contributed by atoms with Crippen LogP contribution >= 0.6 is 9.39 Å². The lowest BCUT2D eigenvalue weighted by Crippen LogP contribution is -2.26. The zero-order valence-electron chi connectivity index (χ0n) is 7.38. The van der Waals surface area contributed by atoms with Gasteiger partial charge in [-0.25, -0.2) is 0 Å². The maximum Gasteiger partial charge on any atom is 0.0558 e. The molecule has 11 heavy (non-hydrogen) atoms. The maximum absolute atomic E-state index is 9.51. The fourth-order valence-corrected chi connectivity index (χ4v) is 2.39. The summed E-state index contributed by atoms with van der Waals surface area (Å²) in [6, 6.07) is 0. The van der Waals surface area contributed by atoms with Gasteiger partial charge < -0.3 is 5.11 Å². The van der Waals surface area contributed by atoms with Crippen LogP contribution in [0.5, 0.6) is 0 Å². The molecule has 1 saturated heterocycles. The summed E-state index contributed by atoms with van der Waals surface area (Å²) >= 11 is 0. The summed E-state index contributed by atoms with van der Waals surface area (Å²) in [4.78, 5) is 0. The molecule has 0 aromatic rings. The van der Waals surface area contributed by atoms with Crippen molar-refractivity contribution >= 4 is 9.39 Å². The van der Waals surface area contributed by atoms with Gasteiger partial charge in [0.15, 0.2) is 0 Å². The van der Waals surface area contributed by atoms with Crippen molar-refractivity contribution < 1.29 is 5.11 Å². The molecule has 0 amide bonds. The molecule has 0 aromatic carbocycles. The molecule has 1 heterocycles. The lowest BCUT2D eigenvalue weighted by Gasteiger charge is -2.26. The van der Waals surface area contributed by atoms with E-state index >= 15 is 0 Å². The second-order valence-electron chi connectivity index (χ2n) is 4.28. The van der Waals surface area contributed by atoms with Gasteiger partial charge in [0.2, 0.25) is 0 Å². The van der Waals surface area contributed by atoms with Crippen LogP contribution in [0.4, 0.5) is 0 Å². The van der Waals surface area contributed by atoms with Gasteiger partial charge in [0.05, 0.1) is 6.10 Å². The van der Waals surface area contributed by atoms with Crippen LogP contribution in [0.3, 0.4) is 0 Å². The predicted molar refractivity (Wildman–Crippen MR) is 50.3 cm³/mol. The normalized spacial score (nSPS) is 33.3. The Morgan fingerprint density at radius 3 is 2.82 bits per heavy atom. The molecule has 0 spiro atoms. The number of aliphatic hydroxyl groups is 1. The summed E-state index contributed by atoms with van der Waals surface area (Å²) in [5, 5.41) is 9.51. The molecule has 0 bridgehead atoms. The van der Waals surface area contributed by atoms with Crippen LogP contribution in [0.15, 0.2) is 0 Å². The smallest absolute Gasteiger partial charge is 0.0558 e. The third-order valence-corrected chi connectivity index (χ3v) is 2.61. The molecular formula is C8H18NOP. The fraction of sp³-hybridized carbons (Fsp3) is 1.00. The topological polar surface area (TPSA) is 23.5 Å². The van der Waals surface area contributed by atoms with Gasteiger partial charge in [0.25, 0.3) is 0 Å². The van der Waals surface area contributed by atoms with Crippen LogP contribution in [-0.2, 0) is 0 Å². The summed E-state index contributed by atoms with van der Waals surface area (Å²) in [7, 11) is 2.72. The highest BCUT2D eigenvalue weighted by Gasteiger charge is 2.27. The Kier molecular flexibility index (Phi) is 2.90. The molecular weight excluding hydrogens is 157 g/mol. The van der Waals surface area contributed by atoms with Crippen molar-refractivity contribution in [3.05, 3.63) is 0 Å². The van der Waals surface area contributed by atoms with Gasteiger partial charge in [-0.15, -0.1) is 0 Å². The van der Waals surface area contributed by atoms with E-state index in [-0.39, 0.29) is 11.5 Å². The molecule has 1 fully saturated rings. The van der Waals surface area contributed by atoms with Crippen molar-refractivity contribution in [1.82, 2.24) is 4.67 Å². The Bertz CT molecular complexity index is 124. The minimum atomic E-state index is -0.101. The molecule has 2 atom stereocenters. The van der Waals surface area contributed by atoms with Gasteiger partial charge in [-0.3, -0.25) is 4.67 Å². The number of hydrogen-bond donors (Lipinski definition) is 1. The van der Waals surface area contributed by atoms with Crippen LogP contribution in [0.2, 0.25) is 0 Å². The van der Waals surface area contributed by atoms with Crippen LogP contribution in [-0.4, -0.2) is 29.0 Å². The number of hydrogen-bond acceptors (Lipinski definition) is 2. The van der Waals surface area contributed by atoms with E-state index in [1.54, 1.807) is 0 Å². The largest absolute Gasteiger partial charge is 0.393 e. The minimum Gasteiger partial charge on any atom is -0.393 e.